The standard InChI is InChI=1S/C22H38O/c1-9-11-12-16-13-17(15-18(10-2)21(3,4)5)20(23)19(14-16)22(6,7)8/h13-14,18,23H,9-12,15H2,1-8H3. The monoisotopic (exact) mass is 318 g/mol. The summed E-state index contributed by atoms with van der Waals surface area (Å²) in [4.78, 5) is 0. The molecule has 1 heteroatoms. The van der Waals surface area contributed by atoms with Gasteiger partial charge in [-0.2, -0.15) is 0 Å². The number of hydrogen-bond acceptors (Lipinski definition) is 1. The second kappa shape index (κ2) is 7.73. The molecule has 0 radical (unpaired) electrons. The van der Waals surface area contributed by atoms with Crippen LogP contribution < -0.4 is 0 Å². The summed E-state index contributed by atoms with van der Waals surface area (Å²) in [6.45, 7) is 18.0. The van der Waals surface area contributed by atoms with Gasteiger partial charge in [-0.15, -0.1) is 0 Å². The van der Waals surface area contributed by atoms with Gasteiger partial charge in [-0.3, -0.25) is 0 Å². The predicted molar refractivity (Wildman–Crippen MR) is 102 cm³/mol. The molecule has 0 aliphatic heterocycles. The minimum Gasteiger partial charge on any atom is -0.507 e. The summed E-state index contributed by atoms with van der Waals surface area (Å²) in [5.74, 6) is 1.11. The van der Waals surface area contributed by atoms with Crippen LogP contribution in [0.2, 0.25) is 0 Å². The van der Waals surface area contributed by atoms with Gasteiger partial charge >= 0.3 is 0 Å². The molecule has 0 fully saturated rings. The van der Waals surface area contributed by atoms with Crippen LogP contribution in [0.3, 0.4) is 0 Å². The van der Waals surface area contributed by atoms with Crippen LogP contribution in [-0.2, 0) is 18.3 Å². The Kier molecular flexibility index (Phi) is 6.74. The van der Waals surface area contributed by atoms with E-state index in [1.54, 1.807) is 0 Å². The number of aromatic hydroxyl groups is 1. The number of hydrogen-bond donors (Lipinski definition) is 1. The van der Waals surface area contributed by atoms with E-state index in [0.717, 1.165) is 30.4 Å². The van der Waals surface area contributed by atoms with Gasteiger partial charge in [0.1, 0.15) is 5.75 Å². The van der Waals surface area contributed by atoms with E-state index in [2.05, 4.69) is 67.5 Å². The van der Waals surface area contributed by atoms with E-state index in [1.807, 2.05) is 0 Å². The zero-order chi connectivity index (χ0) is 17.8. The molecule has 0 spiro atoms. The van der Waals surface area contributed by atoms with Crippen LogP contribution in [0.1, 0.15) is 91.3 Å². The van der Waals surface area contributed by atoms with Gasteiger partial charge in [0.15, 0.2) is 0 Å². The lowest BCUT2D eigenvalue weighted by Crippen LogP contribution is -2.22. The minimum absolute atomic E-state index is 0.0233. The molecule has 0 aliphatic rings. The van der Waals surface area contributed by atoms with E-state index in [-0.39, 0.29) is 10.8 Å². The molecule has 0 bridgehead atoms. The van der Waals surface area contributed by atoms with Crippen LogP contribution in [0, 0.1) is 11.3 Å². The number of phenols is 1. The molecule has 132 valence electrons. The Morgan fingerprint density at radius 1 is 1.00 bits per heavy atom. The highest BCUT2D eigenvalue weighted by molar-refractivity contribution is 5.47. The Morgan fingerprint density at radius 3 is 2.04 bits per heavy atom. The van der Waals surface area contributed by atoms with Crippen molar-refractivity contribution in [1.29, 1.82) is 0 Å². The largest absolute Gasteiger partial charge is 0.507 e. The highest BCUT2D eigenvalue weighted by Crippen LogP contribution is 2.39. The molecule has 1 rings (SSSR count). The van der Waals surface area contributed by atoms with Crippen LogP contribution >= 0.6 is 0 Å². The van der Waals surface area contributed by atoms with E-state index in [4.69, 9.17) is 0 Å². The zero-order valence-electron chi connectivity index (χ0n) is 16.7. The first-order chi connectivity index (χ1) is 10.5. The quantitative estimate of drug-likeness (QED) is 0.622. The van der Waals surface area contributed by atoms with Gasteiger partial charge in [-0.05, 0) is 52.7 Å². The van der Waals surface area contributed by atoms with E-state index in [9.17, 15) is 5.11 Å². The number of phenolic OH excluding ortho intramolecular Hbond substituents is 1. The van der Waals surface area contributed by atoms with Crippen molar-refractivity contribution in [3.63, 3.8) is 0 Å². The molecule has 0 amide bonds. The molecule has 0 heterocycles. The van der Waals surface area contributed by atoms with Crippen molar-refractivity contribution >= 4 is 0 Å². The molecule has 0 saturated heterocycles. The maximum atomic E-state index is 10.9. The topological polar surface area (TPSA) is 20.2 Å². The van der Waals surface area contributed by atoms with Gasteiger partial charge in [-0.25, -0.2) is 0 Å². The molecule has 1 atom stereocenters. The Bertz CT molecular complexity index is 500. The maximum Gasteiger partial charge on any atom is 0.122 e. The lowest BCUT2D eigenvalue weighted by Gasteiger charge is -2.31. The third-order valence-corrected chi connectivity index (χ3v) is 5.06. The van der Waals surface area contributed by atoms with E-state index in [0.29, 0.717) is 11.7 Å². The Labute approximate surface area is 144 Å². The van der Waals surface area contributed by atoms with Gasteiger partial charge in [-0.1, -0.05) is 80.4 Å². The first-order valence-electron chi connectivity index (χ1n) is 9.35. The summed E-state index contributed by atoms with van der Waals surface area (Å²) in [5, 5.41) is 10.9. The molecule has 0 saturated carbocycles. The van der Waals surface area contributed by atoms with Crippen molar-refractivity contribution in [3.8, 4) is 5.75 Å². The van der Waals surface area contributed by atoms with Crippen molar-refractivity contribution in [3.05, 3.63) is 28.8 Å². The van der Waals surface area contributed by atoms with Crippen molar-refractivity contribution < 1.29 is 5.11 Å². The Morgan fingerprint density at radius 2 is 1.61 bits per heavy atom. The second-order valence-corrected chi connectivity index (χ2v) is 9.18. The third kappa shape index (κ3) is 5.55. The average molecular weight is 319 g/mol. The third-order valence-electron chi connectivity index (χ3n) is 5.06. The van der Waals surface area contributed by atoms with Crippen LogP contribution in [0.15, 0.2) is 12.1 Å². The van der Waals surface area contributed by atoms with Crippen LogP contribution in [0.5, 0.6) is 5.75 Å². The Hall–Kier alpha value is -0.980. The van der Waals surface area contributed by atoms with Crippen molar-refractivity contribution in [1.82, 2.24) is 0 Å². The first kappa shape index (κ1) is 20.1. The molecule has 1 aromatic rings. The summed E-state index contributed by atoms with van der Waals surface area (Å²) in [6.07, 6.45) is 5.64. The molecule has 1 N–H and O–H groups in total. The molecule has 1 unspecified atom stereocenters. The molecular formula is C22H38O. The highest BCUT2D eigenvalue weighted by Gasteiger charge is 2.27. The molecule has 1 aromatic carbocycles. The molecule has 23 heavy (non-hydrogen) atoms. The summed E-state index contributed by atoms with van der Waals surface area (Å²) in [7, 11) is 0. The fraction of sp³-hybridized carbons (Fsp3) is 0.727. The van der Waals surface area contributed by atoms with E-state index >= 15 is 0 Å². The van der Waals surface area contributed by atoms with E-state index < -0.39 is 0 Å². The van der Waals surface area contributed by atoms with Crippen LogP contribution in [-0.4, -0.2) is 5.11 Å². The predicted octanol–water partition coefficient (Wildman–Crippen LogP) is 6.65. The number of unbranched alkanes of at least 4 members (excludes halogenated alkanes) is 1. The second-order valence-electron chi connectivity index (χ2n) is 9.18. The summed E-state index contributed by atoms with van der Waals surface area (Å²) in [6, 6.07) is 4.49. The van der Waals surface area contributed by atoms with Crippen molar-refractivity contribution in [2.45, 2.75) is 92.9 Å². The SMILES string of the molecule is CCCCc1cc(CC(CC)C(C)(C)C)c(O)c(C(C)(C)C)c1. The van der Waals surface area contributed by atoms with Crippen LogP contribution in [0.4, 0.5) is 0 Å². The van der Waals surface area contributed by atoms with Crippen molar-refractivity contribution in [2.75, 3.05) is 0 Å². The van der Waals surface area contributed by atoms with Gasteiger partial charge in [0.05, 0.1) is 0 Å². The fourth-order valence-corrected chi connectivity index (χ4v) is 3.34. The zero-order valence-corrected chi connectivity index (χ0v) is 16.7. The normalized spacial score (nSPS) is 14.1. The smallest absolute Gasteiger partial charge is 0.122 e. The van der Waals surface area contributed by atoms with E-state index in [1.165, 1.54) is 18.4 Å². The lowest BCUT2D eigenvalue weighted by molar-refractivity contribution is 0.229. The lowest BCUT2D eigenvalue weighted by atomic mass is 9.74. The number of rotatable bonds is 6. The summed E-state index contributed by atoms with van der Waals surface area (Å²) < 4.78 is 0. The fourth-order valence-electron chi connectivity index (χ4n) is 3.34. The maximum absolute atomic E-state index is 10.9. The van der Waals surface area contributed by atoms with Crippen molar-refractivity contribution in [2.24, 2.45) is 11.3 Å². The van der Waals surface area contributed by atoms with Crippen LogP contribution in [0.25, 0.3) is 0 Å². The molecular weight excluding hydrogens is 280 g/mol. The van der Waals surface area contributed by atoms with Gasteiger partial charge in [0, 0.05) is 0 Å². The first-order valence-corrected chi connectivity index (χ1v) is 9.35. The van der Waals surface area contributed by atoms with Gasteiger partial charge < -0.3 is 5.11 Å². The van der Waals surface area contributed by atoms with Gasteiger partial charge in [0.25, 0.3) is 0 Å². The average Bonchev–Trinajstić information content (AvgIpc) is 2.41. The van der Waals surface area contributed by atoms with Gasteiger partial charge in [0.2, 0.25) is 0 Å². The Balaban J connectivity index is 3.28. The summed E-state index contributed by atoms with van der Waals surface area (Å²) in [5.41, 5.74) is 3.87. The number of benzene rings is 1. The molecule has 0 aliphatic carbocycles. The number of aryl methyl sites for hydroxylation is 1. The minimum atomic E-state index is -0.0233. The highest BCUT2D eigenvalue weighted by atomic mass is 16.3. The molecule has 0 aromatic heterocycles. The summed E-state index contributed by atoms with van der Waals surface area (Å²) >= 11 is 0. The molecule has 1 nitrogen and oxygen atoms in total.